The molecule has 3 rings (SSSR count). The first-order valence-corrected chi connectivity index (χ1v) is 9.84. The maximum absolute atomic E-state index is 12.3. The molecule has 1 saturated heterocycles. The Morgan fingerprint density at radius 3 is 2.37 bits per heavy atom. The number of hydrogen-bond donors (Lipinski definition) is 1. The van der Waals surface area contributed by atoms with Crippen molar-refractivity contribution in [3.05, 3.63) is 58.7 Å². The van der Waals surface area contributed by atoms with Crippen LogP contribution in [0.3, 0.4) is 0 Å². The number of hydrogen-bond acceptors (Lipinski definition) is 3. The minimum atomic E-state index is 0.0928. The van der Waals surface area contributed by atoms with Crippen LogP contribution in [0.1, 0.15) is 28.7 Å². The average molecular weight is 366 g/mol. The van der Waals surface area contributed by atoms with Crippen LogP contribution in [0, 0.1) is 27.7 Å². The highest BCUT2D eigenvalue weighted by molar-refractivity contribution is 5.90. The number of nitrogens with one attached hydrogen (secondary N) is 1. The smallest absolute Gasteiger partial charge is 0.225 e. The number of nitrogens with zero attached hydrogens (tertiary/aromatic N) is 2. The fraction of sp³-hybridized carbons (Fsp3) is 0.435. The topological polar surface area (TPSA) is 35.6 Å². The zero-order valence-electron chi connectivity index (χ0n) is 17.0. The molecule has 1 heterocycles. The van der Waals surface area contributed by atoms with Gasteiger partial charge in [0.25, 0.3) is 0 Å². The SMILES string of the molecule is Cc1ccc(NC(=O)CCN2CCN(c3cccc(C)c3C)CC2)cc1C. The molecule has 2 aromatic rings. The molecule has 2 aromatic carbocycles. The second-order valence-electron chi connectivity index (χ2n) is 7.64. The third-order valence-corrected chi connectivity index (χ3v) is 5.73. The number of amides is 1. The number of carbonyl (C=O) groups excluding carboxylic acids is 1. The highest BCUT2D eigenvalue weighted by atomic mass is 16.1. The van der Waals surface area contributed by atoms with E-state index in [9.17, 15) is 4.79 Å². The summed E-state index contributed by atoms with van der Waals surface area (Å²) >= 11 is 0. The standard InChI is InChI=1S/C23H31N3O/c1-17-8-9-21(16-19(17)3)24-23(27)10-11-25-12-14-26(15-13-25)22-7-5-6-18(2)20(22)4/h5-9,16H,10-15H2,1-4H3,(H,24,27). The van der Waals surface area contributed by atoms with Crippen LogP contribution in [-0.4, -0.2) is 43.5 Å². The van der Waals surface area contributed by atoms with Gasteiger partial charge in [0.1, 0.15) is 0 Å². The van der Waals surface area contributed by atoms with Crippen molar-refractivity contribution < 1.29 is 4.79 Å². The molecule has 0 saturated carbocycles. The predicted octanol–water partition coefficient (Wildman–Crippen LogP) is 4.07. The van der Waals surface area contributed by atoms with Crippen LogP contribution in [-0.2, 0) is 4.79 Å². The van der Waals surface area contributed by atoms with Crippen molar-refractivity contribution in [3.63, 3.8) is 0 Å². The van der Waals surface area contributed by atoms with Gasteiger partial charge in [0.05, 0.1) is 0 Å². The number of anilines is 2. The Hall–Kier alpha value is -2.33. The quantitative estimate of drug-likeness (QED) is 0.867. The number of aryl methyl sites for hydroxylation is 3. The van der Waals surface area contributed by atoms with Gasteiger partial charge in [-0.3, -0.25) is 9.69 Å². The first-order chi connectivity index (χ1) is 12.9. The van der Waals surface area contributed by atoms with Crippen molar-refractivity contribution in [2.75, 3.05) is 42.9 Å². The van der Waals surface area contributed by atoms with Crippen LogP contribution in [0.15, 0.2) is 36.4 Å². The summed E-state index contributed by atoms with van der Waals surface area (Å²) in [6, 6.07) is 12.6. The lowest BCUT2D eigenvalue weighted by Gasteiger charge is -2.37. The summed E-state index contributed by atoms with van der Waals surface area (Å²) in [4.78, 5) is 17.1. The van der Waals surface area contributed by atoms with E-state index < -0.39 is 0 Å². The van der Waals surface area contributed by atoms with Gasteiger partial charge in [-0.05, 0) is 68.1 Å². The van der Waals surface area contributed by atoms with E-state index in [-0.39, 0.29) is 5.91 Å². The Kier molecular flexibility index (Phi) is 6.17. The Morgan fingerprint density at radius 2 is 1.67 bits per heavy atom. The Labute approximate surface area is 163 Å². The van der Waals surface area contributed by atoms with E-state index in [0.717, 1.165) is 38.4 Å². The first-order valence-electron chi connectivity index (χ1n) is 9.84. The van der Waals surface area contributed by atoms with Gasteiger partial charge >= 0.3 is 0 Å². The van der Waals surface area contributed by atoms with Crippen molar-refractivity contribution in [2.45, 2.75) is 34.1 Å². The summed E-state index contributed by atoms with van der Waals surface area (Å²) in [6.07, 6.45) is 0.538. The van der Waals surface area contributed by atoms with E-state index >= 15 is 0 Å². The molecule has 0 bridgehead atoms. The van der Waals surface area contributed by atoms with Crippen molar-refractivity contribution in [1.82, 2.24) is 4.90 Å². The fourth-order valence-electron chi connectivity index (χ4n) is 3.59. The van der Waals surface area contributed by atoms with Gasteiger partial charge in [-0.2, -0.15) is 0 Å². The molecule has 1 N–H and O–H groups in total. The van der Waals surface area contributed by atoms with Crippen LogP contribution in [0.4, 0.5) is 11.4 Å². The van der Waals surface area contributed by atoms with E-state index in [0.29, 0.717) is 6.42 Å². The molecule has 0 radical (unpaired) electrons. The van der Waals surface area contributed by atoms with Gasteiger partial charge in [0.2, 0.25) is 5.91 Å². The van der Waals surface area contributed by atoms with Gasteiger partial charge in [-0.25, -0.2) is 0 Å². The number of piperazine rings is 1. The van der Waals surface area contributed by atoms with Crippen molar-refractivity contribution >= 4 is 17.3 Å². The molecule has 0 atom stereocenters. The van der Waals surface area contributed by atoms with Crippen LogP contribution in [0.2, 0.25) is 0 Å². The molecule has 1 amide bonds. The van der Waals surface area contributed by atoms with Crippen molar-refractivity contribution in [1.29, 1.82) is 0 Å². The average Bonchev–Trinajstić information content (AvgIpc) is 2.66. The molecule has 4 nitrogen and oxygen atoms in total. The largest absolute Gasteiger partial charge is 0.369 e. The molecule has 0 aromatic heterocycles. The highest BCUT2D eigenvalue weighted by Crippen LogP contribution is 2.24. The first kappa shape index (κ1) is 19.4. The fourth-order valence-corrected chi connectivity index (χ4v) is 3.59. The second-order valence-corrected chi connectivity index (χ2v) is 7.64. The molecule has 27 heavy (non-hydrogen) atoms. The summed E-state index contributed by atoms with van der Waals surface area (Å²) < 4.78 is 0. The van der Waals surface area contributed by atoms with Crippen LogP contribution < -0.4 is 10.2 Å². The number of carbonyl (C=O) groups is 1. The highest BCUT2D eigenvalue weighted by Gasteiger charge is 2.19. The monoisotopic (exact) mass is 365 g/mol. The Morgan fingerprint density at radius 1 is 0.926 bits per heavy atom. The summed E-state index contributed by atoms with van der Waals surface area (Å²) in [7, 11) is 0. The normalized spacial score (nSPS) is 15.0. The minimum Gasteiger partial charge on any atom is -0.369 e. The lowest BCUT2D eigenvalue weighted by molar-refractivity contribution is -0.116. The van der Waals surface area contributed by atoms with Crippen molar-refractivity contribution in [3.8, 4) is 0 Å². The summed E-state index contributed by atoms with van der Waals surface area (Å²) in [5, 5.41) is 3.02. The molecular weight excluding hydrogens is 334 g/mol. The molecule has 1 aliphatic heterocycles. The van der Waals surface area contributed by atoms with Crippen LogP contribution >= 0.6 is 0 Å². The Bertz CT molecular complexity index is 807. The summed E-state index contributed by atoms with van der Waals surface area (Å²) in [5.74, 6) is 0.0928. The lowest BCUT2D eigenvalue weighted by atomic mass is 10.1. The molecule has 144 valence electrons. The van der Waals surface area contributed by atoms with Crippen molar-refractivity contribution in [2.24, 2.45) is 0 Å². The third-order valence-electron chi connectivity index (χ3n) is 5.73. The molecule has 0 spiro atoms. The zero-order valence-corrected chi connectivity index (χ0v) is 17.0. The van der Waals surface area contributed by atoms with E-state index in [4.69, 9.17) is 0 Å². The molecule has 1 aliphatic rings. The van der Waals surface area contributed by atoms with Gasteiger partial charge < -0.3 is 10.2 Å². The van der Waals surface area contributed by atoms with Crippen LogP contribution in [0.25, 0.3) is 0 Å². The zero-order chi connectivity index (χ0) is 19.4. The molecular formula is C23H31N3O. The molecule has 0 unspecified atom stereocenters. The molecule has 4 heteroatoms. The van der Waals surface area contributed by atoms with E-state index in [1.54, 1.807) is 0 Å². The second kappa shape index (κ2) is 8.57. The molecule has 0 aliphatic carbocycles. The van der Waals surface area contributed by atoms with E-state index in [1.165, 1.54) is 27.9 Å². The predicted molar refractivity (Wildman–Crippen MR) is 114 cm³/mol. The van der Waals surface area contributed by atoms with Crippen LogP contribution in [0.5, 0.6) is 0 Å². The number of rotatable bonds is 5. The lowest BCUT2D eigenvalue weighted by Crippen LogP contribution is -2.47. The molecule has 1 fully saturated rings. The summed E-state index contributed by atoms with van der Waals surface area (Å²) in [6.45, 7) is 13.4. The van der Waals surface area contributed by atoms with Gasteiger partial charge in [-0.15, -0.1) is 0 Å². The minimum absolute atomic E-state index is 0.0928. The van der Waals surface area contributed by atoms with Gasteiger partial charge in [0, 0.05) is 50.5 Å². The third kappa shape index (κ3) is 4.89. The van der Waals surface area contributed by atoms with E-state index in [1.807, 2.05) is 12.1 Å². The number of benzene rings is 2. The van der Waals surface area contributed by atoms with Gasteiger partial charge in [-0.1, -0.05) is 18.2 Å². The van der Waals surface area contributed by atoms with Gasteiger partial charge in [0.15, 0.2) is 0 Å². The van der Waals surface area contributed by atoms with E-state index in [2.05, 4.69) is 67.1 Å². The maximum Gasteiger partial charge on any atom is 0.225 e. The maximum atomic E-state index is 12.3. The summed E-state index contributed by atoms with van der Waals surface area (Å²) in [5.41, 5.74) is 7.41. The Balaban J connectivity index is 1.46.